The minimum Gasteiger partial charge on any atom is -0.427 e. The van der Waals surface area contributed by atoms with Crippen LogP contribution in [0.15, 0.2) is 60.7 Å². The van der Waals surface area contributed by atoms with E-state index in [9.17, 15) is 29.2 Å². The molecule has 256 valence electrons. The summed E-state index contributed by atoms with van der Waals surface area (Å²) in [7, 11) is -1.57. The van der Waals surface area contributed by atoms with E-state index < -0.39 is 60.7 Å². The Morgan fingerprint density at radius 1 is 0.915 bits per heavy atom. The Kier molecular flexibility index (Phi) is 13.5. The molecule has 4 amide bonds. The minimum absolute atomic E-state index is 0.0577. The van der Waals surface area contributed by atoms with Crippen molar-refractivity contribution in [1.82, 2.24) is 20.8 Å². The predicted octanol–water partition coefficient (Wildman–Crippen LogP) is 0.504. The van der Waals surface area contributed by atoms with Crippen LogP contribution >= 0.6 is 0 Å². The molecule has 1 heterocycles. The number of carbonyl (C=O) groups excluding carboxylic acids is 4. The smallest absolute Gasteiger partial charge is 0.427 e. The van der Waals surface area contributed by atoms with Gasteiger partial charge < -0.3 is 42.3 Å². The van der Waals surface area contributed by atoms with Crippen molar-refractivity contribution in [2.24, 2.45) is 17.4 Å². The fourth-order valence-corrected chi connectivity index (χ4v) is 5.58. The lowest BCUT2D eigenvalue weighted by Crippen LogP contribution is -2.58. The average molecular weight is 654 g/mol. The number of carbonyl (C=O) groups is 4. The zero-order valence-corrected chi connectivity index (χ0v) is 27.3. The van der Waals surface area contributed by atoms with Crippen LogP contribution in [0.2, 0.25) is 10.1 Å². The highest BCUT2D eigenvalue weighted by Crippen LogP contribution is 2.24. The number of nitrogens with one attached hydrogen (secondary N) is 3. The lowest BCUT2D eigenvalue weighted by Gasteiger charge is -2.28. The second kappa shape index (κ2) is 19.1. The van der Waals surface area contributed by atoms with Crippen molar-refractivity contribution in [3.8, 4) is 0 Å². The molecule has 2 aromatic carbocycles. The molecule has 0 saturated carbocycles. The summed E-state index contributed by atoms with van der Waals surface area (Å²) in [5.74, 6) is -3.62. The van der Waals surface area contributed by atoms with Gasteiger partial charge in [-0.05, 0) is 62.1 Å². The average Bonchev–Trinajstić information content (AvgIpc) is 3.62. The number of benzene rings is 2. The number of likely N-dealkylation sites (tertiary alicyclic amines) is 1. The van der Waals surface area contributed by atoms with Gasteiger partial charge in [0.1, 0.15) is 19.5 Å². The number of hydrogen-bond acceptors (Lipinski definition) is 8. The Labute approximate surface area is 282 Å². The maximum absolute atomic E-state index is 14.2. The molecule has 0 aromatic heterocycles. The molecule has 0 aliphatic carbocycles. The van der Waals surface area contributed by atoms with Crippen molar-refractivity contribution in [3.63, 3.8) is 0 Å². The van der Waals surface area contributed by atoms with Gasteiger partial charge in [-0.2, -0.15) is 0 Å². The van der Waals surface area contributed by atoms with Crippen LogP contribution in [0, 0.1) is 5.92 Å². The molecular weight excluding hydrogens is 599 g/mol. The first kappa shape index (κ1) is 33.1. The summed E-state index contributed by atoms with van der Waals surface area (Å²) in [5, 5.41) is 23.0. The van der Waals surface area contributed by atoms with Gasteiger partial charge in [-0.3, -0.25) is 19.2 Å². The van der Waals surface area contributed by atoms with E-state index in [-0.39, 0.29) is 44.7 Å². The van der Waals surface area contributed by atoms with Crippen LogP contribution in [0.25, 0.3) is 0 Å². The first-order valence-corrected chi connectivity index (χ1v) is 16.4. The molecule has 0 radical (unpaired) electrons. The number of nitrogens with zero attached hydrogens (tertiary/aromatic N) is 1. The van der Waals surface area contributed by atoms with Gasteiger partial charge in [0, 0.05) is 25.3 Å². The summed E-state index contributed by atoms with van der Waals surface area (Å²) in [4.78, 5) is 56.8. The minimum atomic E-state index is -1.57. The highest BCUT2D eigenvalue weighted by molar-refractivity contribution is 6.43. The van der Waals surface area contributed by atoms with E-state index in [0.29, 0.717) is 42.0 Å². The van der Waals surface area contributed by atoms with Gasteiger partial charge in [-0.1, -0.05) is 74.5 Å². The van der Waals surface area contributed by atoms with Crippen LogP contribution in [-0.4, -0.2) is 89.5 Å². The molecule has 1 aliphatic heterocycles. The fraction of sp³-hybridized carbons (Fsp3) is 0.529. The Morgan fingerprint density at radius 2 is 1.53 bits per heavy atom. The van der Waals surface area contributed by atoms with E-state index in [1.165, 1.54) is 4.90 Å². The van der Waals surface area contributed by atoms with E-state index in [2.05, 4.69) is 11.0 Å². The molecule has 3 rings (SSSR count). The Balaban J connectivity index is 1.88. The van der Waals surface area contributed by atoms with Gasteiger partial charge in [0.05, 0.1) is 6.04 Å². The highest BCUT2D eigenvalue weighted by Gasteiger charge is 2.37. The largest absolute Gasteiger partial charge is 0.456 e. The van der Waals surface area contributed by atoms with Gasteiger partial charge in [-0.15, -0.1) is 0 Å². The third-order valence-corrected chi connectivity index (χ3v) is 8.22. The molecule has 5 atom stereocenters. The maximum atomic E-state index is 14.2. The van der Waals surface area contributed by atoms with E-state index in [1.54, 1.807) is 54.6 Å². The summed E-state index contributed by atoms with van der Waals surface area (Å²) >= 11 is 0. The molecule has 1 aliphatic rings. The van der Waals surface area contributed by atoms with E-state index >= 15 is 0 Å². The summed E-state index contributed by atoms with van der Waals surface area (Å²) in [6.45, 7) is 4.43. The normalized spacial score (nSPS) is 17.9. The summed E-state index contributed by atoms with van der Waals surface area (Å²) in [6, 6.07) is 12.6. The zero-order valence-electron chi connectivity index (χ0n) is 30.3. The molecular formula is C34H51BN6O6. The van der Waals surface area contributed by atoms with E-state index in [0.717, 1.165) is 5.56 Å². The Morgan fingerprint density at radius 3 is 2.09 bits per heavy atom. The topological polar surface area (TPSA) is 200 Å². The first-order valence-electron chi connectivity index (χ1n) is 17.8. The van der Waals surface area contributed by atoms with Crippen molar-refractivity contribution in [3.05, 3.63) is 71.8 Å². The highest BCUT2D eigenvalue weighted by atomic mass is 16.4. The van der Waals surface area contributed by atoms with E-state index in [1.807, 2.05) is 19.9 Å². The standard InChI is InChI=1S/C34H51BN6O6/c1-23(2)19-29(32(43)38-28(15-9-10-17-36)34(45)41-18-16-26(22-41)35(46)47)40-33(44)30(21-25-13-7-4-8-14-25)39-31(42)27(37)20-24-11-5-3-6-12-24/h3-8,11-14,23,26-30,46-47H,9-10,15-22,36-37H2,1-2H3,(H,38,43)(H,39,42)(H,40,44)/t26-,27-,28+,29+,30+/m1/s1/i/hD3. The monoisotopic (exact) mass is 653 g/mol. The van der Waals surface area contributed by atoms with Crippen LogP contribution in [0.4, 0.5) is 0 Å². The van der Waals surface area contributed by atoms with Gasteiger partial charge >= 0.3 is 7.12 Å². The molecule has 2 aromatic rings. The maximum Gasteiger partial charge on any atom is 0.456 e. The third-order valence-electron chi connectivity index (χ3n) is 8.22. The number of rotatable bonds is 19. The zero-order chi connectivity index (χ0) is 36.8. The van der Waals surface area contributed by atoms with Crippen LogP contribution in [-0.2, 0) is 32.0 Å². The Hall–Kier alpha value is -3.78. The van der Waals surface area contributed by atoms with Crippen molar-refractivity contribution in [2.75, 3.05) is 19.6 Å². The molecule has 1 fully saturated rings. The quantitative estimate of drug-likeness (QED) is 0.0840. The Bertz CT molecular complexity index is 1380. The molecule has 47 heavy (non-hydrogen) atoms. The van der Waals surface area contributed by atoms with Crippen molar-refractivity contribution in [2.45, 2.75) is 88.8 Å². The lowest BCUT2D eigenvalue weighted by molar-refractivity contribution is -0.137. The van der Waals surface area contributed by atoms with Gasteiger partial charge in [0.25, 0.3) is 0 Å². The number of nitrogens with two attached hydrogens (primary N) is 2. The molecule has 0 unspecified atom stereocenters. The van der Waals surface area contributed by atoms with Gasteiger partial charge in [0.2, 0.25) is 23.6 Å². The summed E-state index contributed by atoms with van der Waals surface area (Å²) < 4.78 is 25.6. The van der Waals surface area contributed by atoms with Crippen molar-refractivity contribution >= 4 is 30.7 Å². The molecule has 12 nitrogen and oxygen atoms in total. The van der Waals surface area contributed by atoms with Gasteiger partial charge in [0.15, 0.2) is 2.82 Å². The first-order chi connectivity index (χ1) is 23.9. The third kappa shape index (κ3) is 12.4. The van der Waals surface area contributed by atoms with Gasteiger partial charge in [-0.25, -0.2) is 0 Å². The summed E-state index contributed by atoms with van der Waals surface area (Å²) in [5.41, 5.74) is 9.24. The second-order valence-electron chi connectivity index (χ2n) is 12.6. The fourth-order valence-electron chi connectivity index (χ4n) is 5.58. The van der Waals surface area contributed by atoms with Crippen LogP contribution in [0.1, 0.15) is 57.1 Å². The van der Waals surface area contributed by atoms with Crippen LogP contribution in [0.3, 0.4) is 0 Å². The molecule has 9 N–H and O–H groups in total. The molecule has 0 spiro atoms. The van der Waals surface area contributed by atoms with E-state index in [4.69, 9.17) is 9.97 Å². The van der Waals surface area contributed by atoms with Crippen molar-refractivity contribution < 1.29 is 33.5 Å². The molecule has 1 saturated heterocycles. The van der Waals surface area contributed by atoms with Crippen molar-refractivity contribution in [1.29, 1.82) is 0 Å². The number of unbranched alkanes of at least 4 members (excludes halogenated alkanes) is 1. The second-order valence-corrected chi connectivity index (χ2v) is 12.6. The molecule has 0 bridgehead atoms. The summed E-state index contributed by atoms with van der Waals surface area (Å²) in [6.07, 6.45) is 1.79. The number of amides is 4. The molecule has 13 heteroatoms. The number of hydrogen-bond donors (Lipinski definition) is 7. The predicted molar refractivity (Wildman–Crippen MR) is 182 cm³/mol. The SMILES string of the molecule is [2H]N[C@H](Cc1ccccc1)C(=O)N([2H])[C@@H](Cc1ccccc1)C(=O)N([2H])[C@@H](CC(C)C)C(=O)N[C@@H](CCCCN)C(=O)N1CC[C@@H](B(O)O)C1. The van der Waals surface area contributed by atoms with Crippen LogP contribution < -0.4 is 27.4 Å². The lowest BCUT2D eigenvalue weighted by atomic mass is 9.72. The van der Waals surface area contributed by atoms with Crippen LogP contribution in [0.5, 0.6) is 0 Å².